The molecule has 1 heterocycles. The van der Waals surface area contributed by atoms with Crippen molar-refractivity contribution in [1.29, 1.82) is 0 Å². The van der Waals surface area contributed by atoms with Crippen molar-refractivity contribution >= 4 is 17.2 Å². The van der Waals surface area contributed by atoms with Gasteiger partial charge in [0.05, 0.1) is 16.3 Å². The first-order valence-electron chi connectivity index (χ1n) is 10.3. The molecular weight excluding hydrogens is 454 g/mol. The second kappa shape index (κ2) is 9.61. The standard InChI is InChI=1S/C24H25F4N3OS/c1-14-21(33-15(2)30-14)20(13-6-16-4-7-18(8-5-16)24(26,27)28)31-23(3,22(29)32)17-9-11-19(25)12-10-17/h4-5,7-12,20,31H,6,13H2,1-3H3,(H2,29,32)/t20-,23+/m0/s1. The predicted molar refractivity (Wildman–Crippen MR) is 120 cm³/mol. The zero-order valence-corrected chi connectivity index (χ0v) is 19.3. The minimum Gasteiger partial charge on any atom is -0.368 e. The van der Waals surface area contributed by atoms with Crippen LogP contribution in [0.2, 0.25) is 0 Å². The smallest absolute Gasteiger partial charge is 0.368 e. The van der Waals surface area contributed by atoms with Gasteiger partial charge in [0, 0.05) is 10.9 Å². The third-order valence-corrected chi connectivity index (χ3v) is 6.82. The Labute approximate surface area is 193 Å². The summed E-state index contributed by atoms with van der Waals surface area (Å²) in [5.41, 5.74) is 5.80. The van der Waals surface area contributed by atoms with E-state index >= 15 is 0 Å². The molecule has 0 saturated carbocycles. The quantitative estimate of drug-likeness (QED) is 0.415. The van der Waals surface area contributed by atoms with Gasteiger partial charge in [-0.05, 0) is 69.0 Å². The molecule has 2 aromatic carbocycles. The average molecular weight is 480 g/mol. The maximum absolute atomic E-state index is 13.5. The number of thiazole rings is 1. The Morgan fingerprint density at radius 3 is 2.12 bits per heavy atom. The third kappa shape index (κ3) is 5.78. The molecule has 9 heteroatoms. The fraction of sp³-hybridized carbons (Fsp3) is 0.333. The molecule has 0 aliphatic heterocycles. The number of halogens is 4. The van der Waals surface area contributed by atoms with E-state index in [1.165, 1.54) is 47.7 Å². The van der Waals surface area contributed by atoms with Crippen molar-refractivity contribution in [3.8, 4) is 0 Å². The molecule has 0 spiro atoms. The first-order valence-corrected chi connectivity index (χ1v) is 11.2. The molecule has 3 N–H and O–H groups in total. The van der Waals surface area contributed by atoms with Gasteiger partial charge in [-0.1, -0.05) is 24.3 Å². The summed E-state index contributed by atoms with van der Waals surface area (Å²) in [5, 5.41) is 4.19. The highest BCUT2D eigenvalue weighted by molar-refractivity contribution is 7.11. The van der Waals surface area contributed by atoms with Crippen molar-refractivity contribution in [3.05, 3.63) is 86.6 Å². The van der Waals surface area contributed by atoms with E-state index in [0.717, 1.165) is 33.3 Å². The number of nitrogens with zero attached hydrogens (tertiary/aromatic N) is 1. The first-order chi connectivity index (χ1) is 15.4. The van der Waals surface area contributed by atoms with E-state index in [-0.39, 0.29) is 6.04 Å². The SMILES string of the molecule is Cc1nc(C)c([C@H](CCc2ccc(C(F)(F)F)cc2)N[C@@](C)(C(N)=O)c2ccc(F)cc2)s1. The van der Waals surface area contributed by atoms with Gasteiger partial charge in [-0.3, -0.25) is 10.1 Å². The first kappa shape index (κ1) is 24.9. The zero-order valence-electron chi connectivity index (χ0n) is 18.5. The molecule has 176 valence electrons. The van der Waals surface area contributed by atoms with Crippen LogP contribution < -0.4 is 11.1 Å². The number of nitrogens with two attached hydrogens (primary N) is 1. The molecule has 33 heavy (non-hydrogen) atoms. The maximum atomic E-state index is 13.5. The van der Waals surface area contributed by atoms with E-state index in [0.29, 0.717) is 18.4 Å². The number of nitrogens with one attached hydrogen (secondary N) is 1. The lowest BCUT2D eigenvalue weighted by Crippen LogP contribution is -2.51. The number of amides is 1. The van der Waals surface area contributed by atoms with Gasteiger partial charge in [0.2, 0.25) is 5.91 Å². The average Bonchev–Trinajstić information content (AvgIpc) is 3.08. The van der Waals surface area contributed by atoms with Gasteiger partial charge in [0.1, 0.15) is 11.4 Å². The van der Waals surface area contributed by atoms with Crippen LogP contribution in [0.4, 0.5) is 17.6 Å². The minimum atomic E-state index is -4.39. The minimum absolute atomic E-state index is 0.360. The number of primary amides is 1. The maximum Gasteiger partial charge on any atom is 0.416 e. The van der Waals surface area contributed by atoms with Crippen LogP contribution in [0.15, 0.2) is 48.5 Å². The van der Waals surface area contributed by atoms with Gasteiger partial charge < -0.3 is 5.73 Å². The van der Waals surface area contributed by atoms with Crippen molar-refractivity contribution in [2.75, 3.05) is 0 Å². The summed E-state index contributed by atoms with van der Waals surface area (Å²) >= 11 is 1.48. The highest BCUT2D eigenvalue weighted by Gasteiger charge is 2.37. The Morgan fingerprint density at radius 1 is 1.06 bits per heavy atom. The van der Waals surface area contributed by atoms with Crippen molar-refractivity contribution in [2.24, 2.45) is 5.73 Å². The van der Waals surface area contributed by atoms with E-state index in [9.17, 15) is 22.4 Å². The molecule has 4 nitrogen and oxygen atoms in total. The second-order valence-corrected chi connectivity index (χ2v) is 9.34. The Balaban J connectivity index is 1.90. The number of aryl methyl sites for hydroxylation is 3. The molecule has 3 aromatic rings. The van der Waals surface area contributed by atoms with Gasteiger partial charge >= 0.3 is 6.18 Å². The van der Waals surface area contributed by atoms with Gasteiger partial charge in [0.15, 0.2) is 0 Å². The van der Waals surface area contributed by atoms with Crippen molar-refractivity contribution in [1.82, 2.24) is 10.3 Å². The number of rotatable bonds is 8. The van der Waals surface area contributed by atoms with Crippen LogP contribution >= 0.6 is 11.3 Å². The summed E-state index contributed by atoms with van der Waals surface area (Å²) < 4.78 is 52.1. The summed E-state index contributed by atoms with van der Waals surface area (Å²) in [6.45, 7) is 5.38. The molecule has 0 aliphatic rings. The van der Waals surface area contributed by atoms with E-state index in [2.05, 4.69) is 10.3 Å². The number of carbonyl (C=O) groups excluding carboxylic acids is 1. The van der Waals surface area contributed by atoms with Crippen molar-refractivity contribution in [3.63, 3.8) is 0 Å². The predicted octanol–water partition coefficient (Wildman–Crippen LogP) is 5.58. The number of benzene rings is 2. The van der Waals surface area contributed by atoms with Crippen molar-refractivity contribution in [2.45, 2.75) is 51.4 Å². The van der Waals surface area contributed by atoms with Crippen LogP contribution in [0.5, 0.6) is 0 Å². The highest BCUT2D eigenvalue weighted by Crippen LogP contribution is 2.34. The second-order valence-electron chi connectivity index (χ2n) is 8.11. The Morgan fingerprint density at radius 2 is 1.64 bits per heavy atom. The number of alkyl halides is 3. The fourth-order valence-corrected chi connectivity index (χ4v) is 4.75. The van der Waals surface area contributed by atoms with Crippen LogP contribution in [0.1, 0.15) is 51.7 Å². The summed E-state index contributed by atoms with van der Waals surface area (Å²) in [7, 11) is 0. The lowest BCUT2D eigenvalue weighted by molar-refractivity contribution is -0.137. The van der Waals surface area contributed by atoms with E-state index < -0.39 is 29.0 Å². The molecule has 0 bridgehead atoms. The zero-order chi connectivity index (χ0) is 24.4. The molecule has 1 amide bonds. The Hall–Kier alpha value is -2.78. The number of carbonyl (C=O) groups is 1. The number of hydrogen-bond donors (Lipinski definition) is 2. The van der Waals surface area contributed by atoms with Gasteiger partial charge in [-0.2, -0.15) is 13.2 Å². The lowest BCUT2D eigenvalue weighted by Gasteiger charge is -2.33. The Kier molecular flexibility index (Phi) is 7.23. The summed E-state index contributed by atoms with van der Waals surface area (Å²) in [6.07, 6.45) is -3.44. The van der Waals surface area contributed by atoms with Gasteiger partial charge in [-0.25, -0.2) is 9.37 Å². The molecular formula is C24H25F4N3OS. The van der Waals surface area contributed by atoms with Crippen LogP contribution in [0.25, 0.3) is 0 Å². The normalized spacial score (nSPS) is 14.6. The van der Waals surface area contributed by atoms with E-state index in [4.69, 9.17) is 5.73 Å². The number of hydrogen-bond acceptors (Lipinski definition) is 4. The number of aromatic nitrogens is 1. The summed E-state index contributed by atoms with van der Waals surface area (Å²) in [4.78, 5) is 17.9. The highest BCUT2D eigenvalue weighted by atomic mass is 32.1. The topological polar surface area (TPSA) is 68.0 Å². The third-order valence-electron chi connectivity index (χ3n) is 5.64. The lowest BCUT2D eigenvalue weighted by atomic mass is 9.89. The van der Waals surface area contributed by atoms with Crippen molar-refractivity contribution < 1.29 is 22.4 Å². The Bertz CT molecular complexity index is 1110. The summed E-state index contributed by atoms with van der Waals surface area (Å²) in [6, 6.07) is 10.2. The van der Waals surface area contributed by atoms with Gasteiger partial charge in [0.25, 0.3) is 0 Å². The van der Waals surface area contributed by atoms with E-state index in [1.54, 1.807) is 6.92 Å². The van der Waals surface area contributed by atoms with Crippen LogP contribution in [0, 0.1) is 19.7 Å². The molecule has 0 saturated heterocycles. The monoisotopic (exact) mass is 479 g/mol. The van der Waals surface area contributed by atoms with Crippen LogP contribution in [-0.4, -0.2) is 10.9 Å². The molecule has 1 aromatic heterocycles. The molecule has 0 fully saturated rings. The van der Waals surface area contributed by atoms with Crippen LogP contribution in [-0.2, 0) is 22.9 Å². The largest absolute Gasteiger partial charge is 0.416 e. The molecule has 3 rings (SSSR count). The molecule has 0 radical (unpaired) electrons. The molecule has 0 unspecified atom stereocenters. The summed E-state index contributed by atoms with van der Waals surface area (Å²) in [5.74, 6) is -1.06. The van der Waals surface area contributed by atoms with Gasteiger partial charge in [-0.15, -0.1) is 11.3 Å². The fourth-order valence-electron chi connectivity index (χ4n) is 3.74. The van der Waals surface area contributed by atoms with Crippen LogP contribution in [0.3, 0.4) is 0 Å². The molecule has 0 aliphatic carbocycles. The molecule has 2 atom stereocenters. The van der Waals surface area contributed by atoms with E-state index in [1.807, 2.05) is 13.8 Å².